The monoisotopic (exact) mass is 455 g/mol. The summed E-state index contributed by atoms with van der Waals surface area (Å²) in [6.07, 6.45) is 0. The summed E-state index contributed by atoms with van der Waals surface area (Å²) >= 11 is 3.38. The van der Waals surface area contributed by atoms with E-state index < -0.39 is 15.7 Å². The summed E-state index contributed by atoms with van der Waals surface area (Å²) in [5.41, 5.74) is 1.33. The first-order chi connectivity index (χ1) is 13.4. The van der Waals surface area contributed by atoms with E-state index >= 15 is 0 Å². The molecule has 0 unspecified atom stereocenters. The maximum absolute atomic E-state index is 12.9. The van der Waals surface area contributed by atoms with Crippen molar-refractivity contribution < 1.29 is 18.0 Å². The SMILES string of the molecule is O=C(NCc1cccc(Br)c1)c1ccc2c(c1)S(=O)(=O)c1ccccc1C2=O. The van der Waals surface area contributed by atoms with E-state index in [1.165, 1.54) is 30.3 Å². The van der Waals surface area contributed by atoms with Crippen molar-refractivity contribution in [3.8, 4) is 0 Å². The molecule has 140 valence electrons. The van der Waals surface area contributed by atoms with Crippen LogP contribution in [0, 0.1) is 0 Å². The van der Waals surface area contributed by atoms with E-state index in [1.807, 2.05) is 24.3 Å². The lowest BCUT2D eigenvalue weighted by Crippen LogP contribution is -2.25. The number of ketones is 1. The largest absolute Gasteiger partial charge is 0.348 e. The number of nitrogens with one attached hydrogen (secondary N) is 1. The predicted molar refractivity (Wildman–Crippen MR) is 107 cm³/mol. The summed E-state index contributed by atoms with van der Waals surface area (Å²) in [5.74, 6) is -0.772. The van der Waals surface area contributed by atoms with Crippen molar-refractivity contribution in [1.82, 2.24) is 5.32 Å². The summed E-state index contributed by atoms with van der Waals surface area (Å²) in [7, 11) is -3.87. The molecule has 3 aromatic carbocycles. The molecule has 1 amide bonds. The first-order valence-electron chi connectivity index (χ1n) is 8.43. The first kappa shape index (κ1) is 18.6. The Balaban J connectivity index is 1.66. The van der Waals surface area contributed by atoms with E-state index in [4.69, 9.17) is 0 Å². The molecular formula is C21H14BrNO4S. The van der Waals surface area contributed by atoms with Gasteiger partial charge in [0.15, 0.2) is 5.78 Å². The summed E-state index contributed by atoms with van der Waals surface area (Å²) in [5, 5.41) is 2.77. The standard InChI is InChI=1S/C21H14BrNO4S/c22-15-5-3-4-13(10-15)12-23-21(25)14-8-9-17-19(11-14)28(26,27)18-7-2-1-6-16(18)20(17)24/h1-11H,12H2,(H,23,25). The van der Waals surface area contributed by atoms with E-state index in [1.54, 1.807) is 12.1 Å². The Kier molecular flexibility index (Phi) is 4.64. The van der Waals surface area contributed by atoms with Crippen LogP contribution in [0.1, 0.15) is 31.8 Å². The molecule has 0 spiro atoms. The number of fused-ring (bicyclic) bond motifs is 2. The van der Waals surface area contributed by atoms with Crippen LogP contribution in [0.2, 0.25) is 0 Å². The molecule has 1 aliphatic heterocycles. The fourth-order valence-corrected chi connectivity index (χ4v) is 5.28. The molecule has 0 aliphatic carbocycles. The van der Waals surface area contributed by atoms with Crippen molar-refractivity contribution in [2.45, 2.75) is 16.3 Å². The molecule has 0 aromatic heterocycles. The number of hydrogen-bond acceptors (Lipinski definition) is 4. The Morgan fingerprint density at radius 1 is 0.893 bits per heavy atom. The third-order valence-electron chi connectivity index (χ3n) is 4.54. The van der Waals surface area contributed by atoms with Crippen molar-refractivity contribution in [1.29, 1.82) is 0 Å². The van der Waals surface area contributed by atoms with Crippen molar-refractivity contribution in [3.63, 3.8) is 0 Å². The molecule has 0 atom stereocenters. The molecular weight excluding hydrogens is 442 g/mol. The maximum atomic E-state index is 12.9. The van der Waals surface area contributed by atoms with Crippen LogP contribution in [-0.2, 0) is 16.4 Å². The van der Waals surface area contributed by atoms with E-state index in [-0.39, 0.29) is 32.3 Å². The van der Waals surface area contributed by atoms with Gasteiger partial charge in [-0.1, -0.05) is 40.2 Å². The average Bonchev–Trinajstić information content (AvgIpc) is 2.70. The number of sulfone groups is 1. The van der Waals surface area contributed by atoms with Gasteiger partial charge in [0.25, 0.3) is 5.91 Å². The van der Waals surface area contributed by atoms with Gasteiger partial charge in [0, 0.05) is 27.7 Å². The molecule has 5 nitrogen and oxygen atoms in total. The Hall–Kier alpha value is -2.77. The van der Waals surface area contributed by atoms with Gasteiger partial charge in [-0.05, 0) is 48.0 Å². The average molecular weight is 456 g/mol. The van der Waals surface area contributed by atoms with E-state index in [0.29, 0.717) is 6.54 Å². The van der Waals surface area contributed by atoms with Crippen molar-refractivity contribution >= 4 is 37.5 Å². The summed E-state index contributed by atoms with van der Waals surface area (Å²) in [6.45, 7) is 0.296. The van der Waals surface area contributed by atoms with E-state index in [9.17, 15) is 18.0 Å². The molecule has 28 heavy (non-hydrogen) atoms. The molecule has 0 bridgehead atoms. The highest BCUT2D eigenvalue weighted by Gasteiger charge is 2.34. The highest BCUT2D eigenvalue weighted by Crippen LogP contribution is 2.34. The number of benzene rings is 3. The van der Waals surface area contributed by atoms with Gasteiger partial charge in [-0.3, -0.25) is 9.59 Å². The van der Waals surface area contributed by atoms with Gasteiger partial charge in [0.2, 0.25) is 9.84 Å². The normalized spacial score (nSPS) is 14.1. The molecule has 0 fully saturated rings. The first-order valence-corrected chi connectivity index (χ1v) is 10.7. The molecule has 0 radical (unpaired) electrons. The van der Waals surface area contributed by atoms with Gasteiger partial charge in [-0.15, -0.1) is 0 Å². The van der Waals surface area contributed by atoms with Crippen LogP contribution in [0.4, 0.5) is 0 Å². The fraction of sp³-hybridized carbons (Fsp3) is 0.0476. The van der Waals surface area contributed by atoms with Crippen LogP contribution >= 0.6 is 15.9 Å². The number of carbonyl (C=O) groups excluding carboxylic acids is 2. The minimum atomic E-state index is -3.87. The summed E-state index contributed by atoms with van der Waals surface area (Å²) in [4.78, 5) is 25.0. The molecule has 0 saturated heterocycles. The summed E-state index contributed by atoms with van der Waals surface area (Å²) in [6, 6.07) is 17.7. The maximum Gasteiger partial charge on any atom is 0.251 e. The predicted octanol–water partition coefficient (Wildman–Crippen LogP) is 3.76. The van der Waals surface area contributed by atoms with E-state index in [2.05, 4.69) is 21.2 Å². The summed E-state index contributed by atoms with van der Waals surface area (Å²) < 4.78 is 26.8. The van der Waals surface area contributed by atoms with Crippen LogP contribution in [0.15, 0.2) is 81.0 Å². The molecule has 1 aliphatic rings. The molecule has 7 heteroatoms. The Labute approximate surface area is 170 Å². The smallest absolute Gasteiger partial charge is 0.251 e. The number of amides is 1. The van der Waals surface area contributed by atoms with Gasteiger partial charge in [0.1, 0.15) is 0 Å². The zero-order chi connectivity index (χ0) is 19.9. The van der Waals surface area contributed by atoms with Crippen molar-refractivity contribution in [2.24, 2.45) is 0 Å². The van der Waals surface area contributed by atoms with Gasteiger partial charge in [-0.2, -0.15) is 0 Å². The van der Waals surface area contributed by atoms with Crippen LogP contribution in [-0.4, -0.2) is 20.1 Å². The number of hydrogen-bond donors (Lipinski definition) is 1. The van der Waals surface area contributed by atoms with Crippen molar-refractivity contribution in [2.75, 3.05) is 0 Å². The van der Waals surface area contributed by atoms with Gasteiger partial charge in [-0.25, -0.2) is 8.42 Å². The lowest BCUT2D eigenvalue weighted by molar-refractivity contribution is 0.0948. The highest BCUT2D eigenvalue weighted by atomic mass is 79.9. The Morgan fingerprint density at radius 3 is 2.43 bits per heavy atom. The molecule has 4 rings (SSSR count). The minimum Gasteiger partial charge on any atom is -0.348 e. The van der Waals surface area contributed by atoms with Crippen LogP contribution < -0.4 is 5.32 Å². The lowest BCUT2D eigenvalue weighted by atomic mass is 10.0. The van der Waals surface area contributed by atoms with Crippen LogP contribution in [0.3, 0.4) is 0 Å². The molecule has 1 N–H and O–H groups in total. The van der Waals surface area contributed by atoms with E-state index in [0.717, 1.165) is 10.0 Å². The van der Waals surface area contributed by atoms with Crippen LogP contribution in [0.25, 0.3) is 0 Å². The molecule has 1 heterocycles. The zero-order valence-electron chi connectivity index (χ0n) is 14.5. The third-order valence-corrected chi connectivity index (χ3v) is 6.89. The second-order valence-electron chi connectivity index (χ2n) is 6.35. The second-order valence-corrected chi connectivity index (χ2v) is 9.15. The fourth-order valence-electron chi connectivity index (χ4n) is 3.16. The Morgan fingerprint density at radius 2 is 1.64 bits per heavy atom. The van der Waals surface area contributed by atoms with Crippen LogP contribution in [0.5, 0.6) is 0 Å². The zero-order valence-corrected chi connectivity index (χ0v) is 16.9. The molecule has 0 saturated carbocycles. The highest BCUT2D eigenvalue weighted by molar-refractivity contribution is 9.10. The van der Waals surface area contributed by atoms with Gasteiger partial charge in [0.05, 0.1) is 9.79 Å². The lowest BCUT2D eigenvalue weighted by Gasteiger charge is -2.19. The number of carbonyl (C=O) groups is 2. The van der Waals surface area contributed by atoms with Gasteiger partial charge < -0.3 is 5.32 Å². The minimum absolute atomic E-state index is 0.0285. The third kappa shape index (κ3) is 3.16. The quantitative estimate of drug-likeness (QED) is 0.509. The Bertz CT molecular complexity index is 1230. The topological polar surface area (TPSA) is 80.3 Å². The van der Waals surface area contributed by atoms with Gasteiger partial charge >= 0.3 is 0 Å². The van der Waals surface area contributed by atoms with Crippen molar-refractivity contribution in [3.05, 3.63) is 93.5 Å². The molecule has 3 aromatic rings. The number of halogens is 1. The number of rotatable bonds is 3. The second kappa shape index (κ2) is 7.00.